The van der Waals surface area contributed by atoms with Gasteiger partial charge in [-0.3, -0.25) is 9.59 Å². The standard InChI is InChI=1S/C21H24BrNO4/c1-12(2)10-26-20(25)17-16-8-9-21(27-16)11-23(19(24)18(17)21)13(3)14-4-6-15(22)7-5-14/h4-9,12-13,16-18H,10-11H2,1-3H3/t13-,16+,17+,18-,21+/m0/s1. The fourth-order valence-electron chi connectivity index (χ4n) is 4.39. The van der Waals surface area contributed by atoms with Crippen LogP contribution in [-0.2, 0) is 19.1 Å². The molecule has 1 amide bonds. The molecule has 1 aromatic carbocycles. The van der Waals surface area contributed by atoms with E-state index in [1.165, 1.54) is 0 Å². The maximum Gasteiger partial charge on any atom is 0.312 e. The third kappa shape index (κ3) is 3.03. The molecule has 4 rings (SSSR count). The molecule has 2 saturated heterocycles. The van der Waals surface area contributed by atoms with Crippen LogP contribution in [0.4, 0.5) is 0 Å². The Morgan fingerprint density at radius 2 is 2.04 bits per heavy atom. The molecule has 27 heavy (non-hydrogen) atoms. The zero-order valence-corrected chi connectivity index (χ0v) is 17.3. The number of ether oxygens (including phenoxy) is 2. The van der Waals surface area contributed by atoms with Crippen LogP contribution >= 0.6 is 15.9 Å². The van der Waals surface area contributed by atoms with Crippen molar-refractivity contribution in [3.8, 4) is 0 Å². The van der Waals surface area contributed by atoms with Crippen molar-refractivity contribution in [1.29, 1.82) is 0 Å². The Morgan fingerprint density at radius 3 is 2.70 bits per heavy atom. The topological polar surface area (TPSA) is 55.8 Å². The van der Waals surface area contributed by atoms with E-state index in [9.17, 15) is 9.59 Å². The molecule has 5 atom stereocenters. The lowest BCUT2D eigenvalue weighted by Gasteiger charge is -2.27. The van der Waals surface area contributed by atoms with Crippen molar-refractivity contribution in [2.45, 2.75) is 38.5 Å². The maximum atomic E-state index is 13.3. The van der Waals surface area contributed by atoms with Crippen LogP contribution in [0.1, 0.15) is 32.4 Å². The second-order valence-corrected chi connectivity index (χ2v) is 9.03. The summed E-state index contributed by atoms with van der Waals surface area (Å²) in [6, 6.07) is 7.88. The Kier molecular flexibility index (Phi) is 4.67. The van der Waals surface area contributed by atoms with E-state index in [4.69, 9.17) is 9.47 Å². The van der Waals surface area contributed by atoms with E-state index in [1.54, 1.807) is 0 Å². The van der Waals surface area contributed by atoms with Crippen molar-refractivity contribution in [2.24, 2.45) is 17.8 Å². The molecule has 6 heteroatoms. The predicted octanol–water partition coefficient (Wildman–Crippen LogP) is 3.49. The molecule has 0 aromatic heterocycles. The van der Waals surface area contributed by atoms with Gasteiger partial charge < -0.3 is 14.4 Å². The number of benzene rings is 1. The van der Waals surface area contributed by atoms with Gasteiger partial charge in [0.15, 0.2) is 0 Å². The Labute approximate surface area is 167 Å². The first-order valence-corrected chi connectivity index (χ1v) is 10.2. The molecule has 0 saturated carbocycles. The fourth-order valence-corrected chi connectivity index (χ4v) is 4.66. The summed E-state index contributed by atoms with van der Waals surface area (Å²) in [6.45, 7) is 6.83. The zero-order valence-electron chi connectivity index (χ0n) is 15.7. The van der Waals surface area contributed by atoms with Crippen LogP contribution in [0.3, 0.4) is 0 Å². The third-order valence-corrected chi connectivity index (χ3v) is 6.31. The molecule has 144 valence electrons. The Hall–Kier alpha value is -1.66. The summed E-state index contributed by atoms with van der Waals surface area (Å²) in [5, 5.41) is 0. The number of fused-ring (bicyclic) bond motifs is 1. The van der Waals surface area contributed by atoms with Gasteiger partial charge in [-0.25, -0.2) is 0 Å². The fraction of sp³-hybridized carbons (Fsp3) is 0.524. The quantitative estimate of drug-likeness (QED) is 0.526. The number of esters is 1. The molecule has 1 aromatic rings. The van der Waals surface area contributed by atoms with Crippen molar-refractivity contribution in [3.05, 3.63) is 46.5 Å². The monoisotopic (exact) mass is 433 g/mol. The first-order valence-electron chi connectivity index (χ1n) is 9.42. The van der Waals surface area contributed by atoms with Crippen LogP contribution < -0.4 is 0 Å². The molecule has 2 fully saturated rings. The first-order chi connectivity index (χ1) is 12.8. The minimum Gasteiger partial charge on any atom is -0.465 e. The summed E-state index contributed by atoms with van der Waals surface area (Å²) in [5.74, 6) is -1.14. The van der Waals surface area contributed by atoms with Gasteiger partial charge in [0.25, 0.3) is 0 Å². The molecule has 0 aliphatic carbocycles. The summed E-state index contributed by atoms with van der Waals surface area (Å²) in [7, 11) is 0. The average Bonchev–Trinajstić information content (AvgIpc) is 3.28. The number of halogens is 1. The minimum atomic E-state index is -0.701. The van der Waals surface area contributed by atoms with E-state index in [0.717, 1.165) is 10.0 Å². The van der Waals surface area contributed by atoms with Crippen molar-refractivity contribution in [1.82, 2.24) is 4.90 Å². The van der Waals surface area contributed by atoms with E-state index in [1.807, 2.05) is 62.1 Å². The van der Waals surface area contributed by atoms with Crippen LogP contribution in [0.5, 0.6) is 0 Å². The van der Waals surface area contributed by atoms with Gasteiger partial charge in [0.1, 0.15) is 11.5 Å². The van der Waals surface area contributed by atoms with Crippen molar-refractivity contribution < 1.29 is 19.1 Å². The lowest BCUT2D eigenvalue weighted by atomic mass is 9.77. The third-order valence-electron chi connectivity index (χ3n) is 5.78. The molecule has 3 aliphatic rings. The van der Waals surface area contributed by atoms with Gasteiger partial charge in [-0.2, -0.15) is 0 Å². The van der Waals surface area contributed by atoms with Crippen molar-refractivity contribution >= 4 is 27.8 Å². The number of nitrogens with zero attached hydrogens (tertiary/aromatic N) is 1. The molecule has 1 spiro atoms. The normalized spacial score (nSPS) is 32.3. The number of amides is 1. The summed E-state index contributed by atoms with van der Waals surface area (Å²) in [5.41, 5.74) is 0.354. The van der Waals surface area contributed by atoms with E-state index < -0.39 is 17.4 Å². The van der Waals surface area contributed by atoms with Crippen molar-refractivity contribution in [3.63, 3.8) is 0 Å². The highest BCUT2D eigenvalue weighted by atomic mass is 79.9. The summed E-state index contributed by atoms with van der Waals surface area (Å²) < 4.78 is 12.6. The molecule has 3 aliphatic heterocycles. The van der Waals surface area contributed by atoms with Crippen LogP contribution in [0.2, 0.25) is 0 Å². The molecule has 3 heterocycles. The smallest absolute Gasteiger partial charge is 0.312 e. The highest BCUT2D eigenvalue weighted by Crippen LogP contribution is 2.53. The molecular weight excluding hydrogens is 410 g/mol. The van der Waals surface area contributed by atoms with Gasteiger partial charge in [-0.1, -0.05) is 54.1 Å². The van der Waals surface area contributed by atoms with E-state index in [2.05, 4.69) is 15.9 Å². The largest absolute Gasteiger partial charge is 0.465 e. The Morgan fingerprint density at radius 1 is 1.33 bits per heavy atom. The first kappa shape index (κ1) is 18.7. The highest BCUT2D eigenvalue weighted by molar-refractivity contribution is 9.10. The molecule has 2 bridgehead atoms. The van der Waals surface area contributed by atoms with Crippen LogP contribution in [0, 0.1) is 17.8 Å². The van der Waals surface area contributed by atoms with Gasteiger partial charge in [-0.05, 0) is 30.5 Å². The van der Waals surface area contributed by atoms with Gasteiger partial charge in [0.05, 0.1) is 31.2 Å². The summed E-state index contributed by atoms with van der Waals surface area (Å²) in [4.78, 5) is 27.8. The van der Waals surface area contributed by atoms with Crippen LogP contribution in [0.25, 0.3) is 0 Å². The van der Waals surface area contributed by atoms with E-state index in [-0.39, 0.29) is 29.9 Å². The van der Waals surface area contributed by atoms with E-state index >= 15 is 0 Å². The van der Waals surface area contributed by atoms with Crippen LogP contribution in [0.15, 0.2) is 40.9 Å². The number of carbonyl (C=O) groups excluding carboxylic acids is 2. The Bertz CT molecular complexity index is 790. The summed E-state index contributed by atoms with van der Waals surface area (Å²) >= 11 is 3.44. The molecule has 0 N–H and O–H groups in total. The van der Waals surface area contributed by atoms with Crippen LogP contribution in [-0.4, -0.2) is 41.6 Å². The second kappa shape index (κ2) is 6.74. The minimum absolute atomic E-state index is 0.0243. The SMILES string of the molecule is CC(C)COC(=O)[C@H]1[C@H]2C(=O)N([C@@H](C)c3ccc(Br)cc3)C[C@]23C=C[C@H]1O3. The van der Waals surface area contributed by atoms with Gasteiger partial charge in [0.2, 0.25) is 5.91 Å². The lowest BCUT2D eigenvalue weighted by molar-refractivity contribution is -0.155. The maximum absolute atomic E-state index is 13.3. The number of carbonyl (C=O) groups is 2. The van der Waals surface area contributed by atoms with Crippen molar-refractivity contribution in [2.75, 3.05) is 13.2 Å². The van der Waals surface area contributed by atoms with Gasteiger partial charge in [0, 0.05) is 4.47 Å². The number of likely N-dealkylation sites (tertiary alicyclic amines) is 1. The average molecular weight is 434 g/mol. The predicted molar refractivity (Wildman–Crippen MR) is 104 cm³/mol. The molecular formula is C21H24BrNO4. The molecule has 5 nitrogen and oxygen atoms in total. The zero-order chi connectivity index (χ0) is 19.3. The Balaban J connectivity index is 1.57. The lowest BCUT2D eigenvalue weighted by Crippen LogP contribution is -2.40. The van der Waals surface area contributed by atoms with Gasteiger partial charge in [-0.15, -0.1) is 0 Å². The number of hydrogen-bond acceptors (Lipinski definition) is 4. The van der Waals surface area contributed by atoms with Gasteiger partial charge >= 0.3 is 5.97 Å². The highest BCUT2D eigenvalue weighted by Gasteiger charge is 2.67. The second-order valence-electron chi connectivity index (χ2n) is 8.12. The number of rotatable bonds is 5. The summed E-state index contributed by atoms with van der Waals surface area (Å²) in [6.07, 6.45) is 3.53. The number of hydrogen-bond donors (Lipinski definition) is 0. The van der Waals surface area contributed by atoms with E-state index in [0.29, 0.717) is 13.2 Å². The molecule has 0 unspecified atom stereocenters. The molecule has 0 radical (unpaired) electrons.